The van der Waals surface area contributed by atoms with E-state index in [1.54, 1.807) is 11.3 Å². The lowest BCUT2D eigenvalue weighted by atomic mass is 10.5. The Hall–Kier alpha value is -0.230. The summed E-state index contributed by atoms with van der Waals surface area (Å²) >= 11 is 13.8. The molecule has 2 rings (SSSR count). The number of H-pyrrole nitrogens is 1. The first kappa shape index (κ1) is 8.37. The van der Waals surface area contributed by atoms with Crippen LogP contribution in [-0.4, -0.2) is 10.2 Å². The summed E-state index contributed by atoms with van der Waals surface area (Å²) in [4.78, 5) is 0.981. The highest BCUT2D eigenvalue weighted by molar-refractivity contribution is 7.73. The first-order valence-electron chi connectivity index (χ1n) is 3.06. The van der Waals surface area contributed by atoms with Gasteiger partial charge in [-0.1, -0.05) is 22.9 Å². The minimum absolute atomic E-state index is 0.675. The second-order valence-electron chi connectivity index (χ2n) is 2.02. The zero-order chi connectivity index (χ0) is 8.55. The van der Waals surface area contributed by atoms with Crippen LogP contribution < -0.4 is 0 Å². The van der Waals surface area contributed by atoms with E-state index in [0.29, 0.717) is 3.95 Å². The van der Waals surface area contributed by atoms with Crippen molar-refractivity contribution in [1.82, 2.24) is 10.2 Å². The molecule has 2 heterocycles. The number of halogens is 1. The van der Waals surface area contributed by atoms with E-state index in [-0.39, 0.29) is 0 Å². The van der Waals surface area contributed by atoms with Crippen molar-refractivity contribution in [3.63, 3.8) is 0 Å². The molecule has 0 amide bonds. The SMILES string of the molecule is S=c1[nH]nc(-c2sccc2Cl)s1. The molecule has 0 radical (unpaired) electrons. The van der Waals surface area contributed by atoms with Crippen LogP contribution in [0.1, 0.15) is 0 Å². The van der Waals surface area contributed by atoms with Gasteiger partial charge in [0.1, 0.15) is 0 Å². The Morgan fingerprint density at radius 3 is 2.92 bits per heavy atom. The normalized spacial score (nSPS) is 10.4. The summed E-state index contributed by atoms with van der Waals surface area (Å²) in [7, 11) is 0. The topological polar surface area (TPSA) is 28.7 Å². The lowest BCUT2D eigenvalue weighted by Gasteiger charge is -1.87. The summed E-state index contributed by atoms with van der Waals surface area (Å²) in [5.41, 5.74) is 0. The van der Waals surface area contributed by atoms with E-state index >= 15 is 0 Å². The summed E-state index contributed by atoms with van der Waals surface area (Å²) < 4.78 is 0.675. The minimum Gasteiger partial charge on any atom is -0.258 e. The Morgan fingerprint density at radius 1 is 1.58 bits per heavy atom. The molecular weight excluding hydrogens is 232 g/mol. The number of nitrogens with one attached hydrogen (secondary N) is 1. The maximum Gasteiger partial charge on any atom is 0.176 e. The maximum absolute atomic E-state index is 5.91. The van der Waals surface area contributed by atoms with Crippen molar-refractivity contribution >= 4 is 46.5 Å². The van der Waals surface area contributed by atoms with Crippen molar-refractivity contribution in [2.24, 2.45) is 0 Å². The fraction of sp³-hybridized carbons (Fsp3) is 0. The number of thiophene rings is 1. The van der Waals surface area contributed by atoms with Gasteiger partial charge in [-0.3, -0.25) is 5.10 Å². The fourth-order valence-electron chi connectivity index (χ4n) is 0.773. The summed E-state index contributed by atoms with van der Waals surface area (Å²) in [5, 5.41) is 10.3. The van der Waals surface area contributed by atoms with Crippen LogP contribution >= 0.6 is 46.5 Å². The van der Waals surface area contributed by atoms with Crippen molar-refractivity contribution in [1.29, 1.82) is 0 Å². The molecule has 0 saturated heterocycles. The van der Waals surface area contributed by atoms with E-state index < -0.39 is 0 Å². The molecule has 12 heavy (non-hydrogen) atoms. The lowest BCUT2D eigenvalue weighted by Crippen LogP contribution is -1.70. The Bertz CT molecular complexity index is 441. The van der Waals surface area contributed by atoms with Crippen molar-refractivity contribution in [3.8, 4) is 9.88 Å². The Morgan fingerprint density at radius 2 is 2.42 bits per heavy atom. The third-order valence-electron chi connectivity index (χ3n) is 1.25. The molecular formula is C6H3ClN2S3. The second-order valence-corrected chi connectivity index (χ2v) is 5.00. The smallest absolute Gasteiger partial charge is 0.176 e. The molecule has 0 aliphatic carbocycles. The highest BCUT2D eigenvalue weighted by Gasteiger charge is 2.07. The van der Waals surface area contributed by atoms with Gasteiger partial charge >= 0.3 is 0 Å². The molecule has 2 aromatic heterocycles. The predicted molar refractivity (Wildman–Crippen MR) is 55.6 cm³/mol. The molecule has 0 aliphatic heterocycles. The van der Waals surface area contributed by atoms with Gasteiger partial charge in [-0.25, -0.2) is 0 Å². The monoisotopic (exact) mass is 234 g/mol. The summed E-state index contributed by atoms with van der Waals surface area (Å²) in [5.74, 6) is 0. The predicted octanol–water partition coefficient (Wildman–Crippen LogP) is 3.58. The molecule has 2 aromatic rings. The number of aromatic amines is 1. The Labute approximate surface area is 86.8 Å². The summed E-state index contributed by atoms with van der Waals surface area (Å²) in [6.45, 7) is 0. The highest BCUT2D eigenvalue weighted by Crippen LogP contribution is 2.33. The van der Waals surface area contributed by atoms with Gasteiger partial charge in [-0.05, 0) is 23.7 Å². The molecule has 6 heteroatoms. The number of hydrogen-bond acceptors (Lipinski definition) is 4. The molecule has 62 valence electrons. The standard InChI is InChI=1S/C6H3ClN2S3/c7-3-1-2-11-4(3)5-8-9-6(10)12-5/h1-2H,(H,9,10). The number of hydrogen-bond donors (Lipinski definition) is 1. The quantitative estimate of drug-likeness (QED) is 0.764. The van der Waals surface area contributed by atoms with Crippen LogP contribution in [0.4, 0.5) is 0 Å². The molecule has 0 atom stereocenters. The molecule has 2 nitrogen and oxygen atoms in total. The van der Waals surface area contributed by atoms with E-state index in [0.717, 1.165) is 14.9 Å². The molecule has 0 unspecified atom stereocenters. The molecule has 0 aliphatic rings. The molecule has 0 saturated carbocycles. The molecule has 0 bridgehead atoms. The van der Waals surface area contributed by atoms with Gasteiger partial charge < -0.3 is 0 Å². The van der Waals surface area contributed by atoms with Gasteiger partial charge in [0.15, 0.2) is 8.96 Å². The molecule has 0 aromatic carbocycles. The van der Waals surface area contributed by atoms with Gasteiger partial charge in [-0.15, -0.1) is 11.3 Å². The van der Waals surface area contributed by atoms with Gasteiger partial charge in [0, 0.05) is 0 Å². The summed E-state index contributed by atoms with van der Waals surface area (Å²) in [6.07, 6.45) is 0. The van der Waals surface area contributed by atoms with Crippen LogP contribution in [0.3, 0.4) is 0 Å². The van der Waals surface area contributed by atoms with Crippen molar-refractivity contribution < 1.29 is 0 Å². The molecule has 0 spiro atoms. The fourth-order valence-corrected chi connectivity index (χ4v) is 2.97. The van der Waals surface area contributed by atoms with Gasteiger partial charge in [0.05, 0.1) is 9.90 Å². The van der Waals surface area contributed by atoms with E-state index in [4.69, 9.17) is 23.8 Å². The van der Waals surface area contributed by atoms with Crippen molar-refractivity contribution in [3.05, 3.63) is 20.4 Å². The molecule has 1 N–H and O–H groups in total. The van der Waals surface area contributed by atoms with E-state index in [1.807, 2.05) is 11.4 Å². The van der Waals surface area contributed by atoms with Crippen LogP contribution in [0.25, 0.3) is 9.88 Å². The zero-order valence-electron chi connectivity index (χ0n) is 5.70. The molecule has 0 fully saturated rings. The minimum atomic E-state index is 0.675. The maximum atomic E-state index is 5.91. The van der Waals surface area contributed by atoms with Crippen LogP contribution in [0.15, 0.2) is 11.4 Å². The first-order chi connectivity index (χ1) is 5.77. The largest absolute Gasteiger partial charge is 0.258 e. The average Bonchev–Trinajstić information content (AvgIpc) is 2.58. The number of nitrogens with zero attached hydrogens (tertiary/aromatic N) is 1. The Kier molecular flexibility index (Phi) is 2.27. The average molecular weight is 235 g/mol. The van der Waals surface area contributed by atoms with Crippen molar-refractivity contribution in [2.45, 2.75) is 0 Å². The number of aromatic nitrogens is 2. The van der Waals surface area contributed by atoms with Crippen molar-refractivity contribution in [2.75, 3.05) is 0 Å². The van der Waals surface area contributed by atoms with E-state index in [2.05, 4.69) is 10.2 Å². The highest BCUT2D eigenvalue weighted by atomic mass is 35.5. The van der Waals surface area contributed by atoms with Gasteiger partial charge in [-0.2, -0.15) is 5.10 Å². The Balaban J connectivity index is 2.57. The summed E-state index contributed by atoms with van der Waals surface area (Å²) in [6, 6.07) is 1.85. The van der Waals surface area contributed by atoms with Crippen LogP contribution in [-0.2, 0) is 0 Å². The second kappa shape index (κ2) is 3.26. The van der Waals surface area contributed by atoms with Crippen LogP contribution in [0.2, 0.25) is 5.02 Å². The van der Waals surface area contributed by atoms with E-state index in [9.17, 15) is 0 Å². The third-order valence-corrected chi connectivity index (χ3v) is 3.83. The first-order valence-corrected chi connectivity index (χ1v) is 5.54. The van der Waals surface area contributed by atoms with Crippen LogP contribution in [0, 0.1) is 3.95 Å². The number of rotatable bonds is 1. The van der Waals surface area contributed by atoms with Gasteiger partial charge in [0.2, 0.25) is 0 Å². The van der Waals surface area contributed by atoms with E-state index in [1.165, 1.54) is 11.3 Å². The zero-order valence-corrected chi connectivity index (χ0v) is 8.91. The van der Waals surface area contributed by atoms with Crippen LogP contribution in [0.5, 0.6) is 0 Å². The third kappa shape index (κ3) is 1.45. The van der Waals surface area contributed by atoms with Gasteiger partial charge in [0.25, 0.3) is 0 Å². The lowest BCUT2D eigenvalue weighted by molar-refractivity contribution is 1.09.